The number of benzene rings is 1. The van der Waals surface area contributed by atoms with Crippen LogP contribution in [0.2, 0.25) is 0 Å². The van der Waals surface area contributed by atoms with Gasteiger partial charge in [-0.3, -0.25) is 4.31 Å². The van der Waals surface area contributed by atoms with Crippen molar-refractivity contribution in [2.45, 2.75) is 13.3 Å². The molecule has 0 aliphatic carbocycles. The van der Waals surface area contributed by atoms with Crippen LogP contribution in [0.5, 0.6) is 5.75 Å². The number of hydrogen-bond donors (Lipinski definition) is 0. The topological polar surface area (TPSA) is 46.6 Å². The van der Waals surface area contributed by atoms with E-state index in [1.165, 1.54) is 10.6 Å². The van der Waals surface area contributed by atoms with Gasteiger partial charge in [0.15, 0.2) is 0 Å². The molecular formula is C11H17NO3S. The van der Waals surface area contributed by atoms with Gasteiger partial charge in [-0.2, -0.15) is 0 Å². The molecule has 0 spiro atoms. The lowest BCUT2D eigenvalue weighted by atomic mass is 10.1. The zero-order chi connectivity index (χ0) is 12.3. The van der Waals surface area contributed by atoms with Crippen LogP contribution in [0.25, 0.3) is 0 Å². The zero-order valence-electron chi connectivity index (χ0n) is 10.0. The van der Waals surface area contributed by atoms with Crippen LogP contribution in [-0.4, -0.2) is 28.8 Å². The Balaban J connectivity index is 3.29. The lowest BCUT2D eigenvalue weighted by Gasteiger charge is -2.20. The number of aryl methyl sites for hydroxylation is 1. The van der Waals surface area contributed by atoms with Gasteiger partial charge >= 0.3 is 0 Å². The van der Waals surface area contributed by atoms with Crippen molar-refractivity contribution in [3.63, 3.8) is 0 Å². The minimum Gasteiger partial charge on any atom is -0.497 e. The molecule has 0 saturated carbocycles. The highest BCUT2D eigenvalue weighted by molar-refractivity contribution is 7.92. The second-order valence-corrected chi connectivity index (χ2v) is 5.59. The van der Waals surface area contributed by atoms with Crippen LogP contribution >= 0.6 is 0 Å². The predicted molar refractivity (Wildman–Crippen MR) is 65.6 cm³/mol. The first kappa shape index (κ1) is 12.8. The Labute approximate surface area is 96.9 Å². The third kappa shape index (κ3) is 2.66. The van der Waals surface area contributed by atoms with Gasteiger partial charge in [0, 0.05) is 13.1 Å². The lowest BCUT2D eigenvalue weighted by molar-refractivity contribution is 0.415. The molecule has 0 amide bonds. The summed E-state index contributed by atoms with van der Waals surface area (Å²) in [6.07, 6.45) is 1.96. The molecular weight excluding hydrogens is 226 g/mol. The standard InChI is InChI=1S/C11H17NO3S/c1-5-9-6-7-10(15-3)8-11(9)12(2)16(4,13)14/h6-8H,5H2,1-4H3. The molecule has 90 valence electrons. The molecule has 0 radical (unpaired) electrons. The van der Waals surface area contributed by atoms with E-state index < -0.39 is 10.0 Å². The van der Waals surface area contributed by atoms with Gasteiger partial charge in [0.2, 0.25) is 10.0 Å². The summed E-state index contributed by atoms with van der Waals surface area (Å²) in [4.78, 5) is 0. The van der Waals surface area contributed by atoms with Gasteiger partial charge in [0.05, 0.1) is 19.1 Å². The second-order valence-electron chi connectivity index (χ2n) is 3.58. The van der Waals surface area contributed by atoms with Gasteiger partial charge in [-0.15, -0.1) is 0 Å². The minimum absolute atomic E-state index is 0.655. The molecule has 0 unspecified atom stereocenters. The van der Waals surface area contributed by atoms with E-state index in [0.717, 1.165) is 12.0 Å². The molecule has 0 N–H and O–H groups in total. The van der Waals surface area contributed by atoms with E-state index >= 15 is 0 Å². The number of ether oxygens (including phenoxy) is 1. The first-order valence-corrected chi connectivity index (χ1v) is 6.85. The monoisotopic (exact) mass is 243 g/mol. The molecule has 0 bridgehead atoms. The third-order valence-corrected chi connectivity index (χ3v) is 3.70. The molecule has 16 heavy (non-hydrogen) atoms. The van der Waals surface area contributed by atoms with Crippen molar-refractivity contribution >= 4 is 15.7 Å². The first-order chi connectivity index (χ1) is 7.40. The van der Waals surface area contributed by atoms with Crippen LogP contribution in [-0.2, 0) is 16.4 Å². The molecule has 0 aromatic heterocycles. The van der Waals surface area contributed by atoms with Crippen LogP contribution in [0, 0.1) is 0 Å². The number of rotatable bonds is 4. The van der Waals surface area contributed by atoms with Crippen LogP contribution in [0.15, 0.2) is 18.2 Å². The number of anilines is 1. The van der Waals surface area contributed by atoms with Gasteiger partial charge in [-0.1, -0.05) is 13.0 Å². The summed E-state index contributed by atoms with van der Waals surface area (Å²) in [6, 6.07) is 5.45. The fourth-order valence-corrected chi connectivity index (χ4v) is 1.97. The number of sulfonamides is 1. The van der Waals surface area contributed by atoms with E-state index in [0.29, 0.717) is 11.4 Å². The molecule has 1 aromatic rings. The Morgan fingerprint density at radius 1 is 1.38 bits per heavy atom. The summed E-state index contributed by atoms with van der Waals surface area (Å²) in [5.41, 5.74) is 1.65. The SMILES string of the molecule is CCc1ccc(OC)cc1N(C)S(C)(=O)=O. The second kappa shape index (κ2) is 4.74. The number of hydrogen-bond acceptors (Lipinski definition) is 3. The van der Waals surface area contributed by atoms with E-state index in [-0.39, 0.29) is 0 Å². The molecule has 0 aliphatic heterocycles. The van der Waals surface area contributed by atoms with Crippen molar-refractivity contribution < 1.29 is 13.2 Å². The van der Waals surface area contributed by atoms with Crippen molar-refractivity contribution in [1.82, 2.24) is 0 Å². The Kier molecular flexibility index (Phi) is 3.80. The van der Waals surface area contributed by atoms with E-state index in [1.54, 1.807) is 20.2 Å². The highest BCUT2D eigenvalue weighted by atomic mass is 32.2. The van der Waals surface area contributed by atoms with Gasteiger partial charge in [0.25, 0.3) is 0 Å². The zero-order valence-corrected chi connectivity index (χ0v) is 10.8. The summed E-state index contributed by atoms with van der Waals surface area (Å²) in [6.45, 7) is 1.99. The fourth-order valence-electron chi connectivity index (χ4n) is 1.44. The quantitative estimate of drug-likeness (QED) is 0.808. The highest BCUT2D eigenvalue weighted by Crippen LogP contribution is 2.27. The maximum absolute atomic E-state index is 11.5. The minimum atomic E-state index is -3.24. The maximum Gasteiger partial charge on any atom is 0.232 e. The lowest BCUT2D eigenvalue weighted by Crippen LogP contribution is -2.25. The normalized spacial score (nSPS) is 11.2. The number of methoxy groups -OCH3 is 1. The first-order valence-electron chi connectivity index (χ1n) is 5.01. The van der Waals surface area contributed by atoms with Crippen LogP contribution < -0.4 is 9.04 Å². The molecule has 5 heteroatoms. The summed E-state index contributed by atoms with van der Waals surface area (Å²) in [5.74, 6) is 0.655. The van der Waals surface area contributed by atoms with E-state index in [2.05, 4.69) is 0 Å². The highest BCUT2D eigenvalue weighted by Gasteiger charge is 2.15. The van der Waals surface area contributed by atoms with Gasteiger partial charge in [-0.05, 0) is 18.1 Å². The summed E-state index contributed by atoms with van der Waals surface area (Å²) >= 11 is 0. The summed E-state index contributed by atoms with van der Waals surface area (Å²) in [5, 5.41) is 0. The van der Waals surface area contributed by atoms with Crippen molar-refractivity contribution in [1.29, 1.82) is 0 Å². The maximum atomic E-state index is 11.5. The Morgan fingerprint density at radius 2 is 2.00 bits per heavy atom. The third-order valence-electron chi connectivity index (χ3n) is 2.51. The van der Waals surface area contributed by atoms with Crippen molar-refractivity contribution in [3.8, 4) is 5.75 Å². The van der Waals surface area contributed by atoms with Crippen molar-refractivity contribution in [3.05, 3.63) is 23.8 Å². The molecule has 4 nitrogen and oxygen atoms in total. The Bertz CT molecular complexity index is 468. The molecule has 1 rings (SSSR count). The van der Waals surface area contributed by atoms with Crippen LogP contribution in [0.1, 0.15) is 12.5 Å². The molecule has 0 heterocycles. The predicted octanol–water partition coefficient (Wildman–Crippen LogP) is 1.65. The Hall–Kier alpha value is -1.23. The van der Waals surface area contributed by atoms with Crippen LogP contribution in [0.4, 0.5) is 5.69 Å². The Morgan fingerprint density at radius 3 is 2.44 bits per heavy atom. The average molecular weight is 243 g/mol. The van der Waals surface area contributed by atoms with E-state index in [4.69, 9.17) is 4.74 Å². The number of nitrogens with zero attached hydrogens (tertiary/aromatic N) is 1. The summed E-state index contributed by atoms with van der Waals surface area (Å²) < 4.78 is 29.3. The molecule has 0 aliphatic rings. The van der Waals surface area contributed by atoms with Crippen LogP contribution in [0.3, 0.4) is 0 Å². The largest absolute Gasteiger partial charge is 0.497 e. The van der Waals surface area contributed by atoms with E-state index in [1.807, 2.05) is 19.1 Å². The molecule has 0 fully saturated rings. The average Bonchev–Trinajstić information content (AvgIpc) is 2.25. The van der Waals surface area contributed by atoms with Gasteiger partial charge in [-0.25, -0.2) is 8.42 Å². The molecule has 1 aromatic carbocycles. The van der Waals surface area contributed by atoms with Gasteiger partial charge in [0.1, 0.15) is 5.75 Å². The molecule has 0 saturated heterocycles. The van der Waals surface area contributed by atoms with E-state index in [9.17, 15) is 8.42 Å². The smallest absolute Gasteiger partial charge is 0.232 e. The fraction of sp³-hybridized carbons (Fsp3) is 0.455. The van der Waals surface area contributed by atoms with Crippen molar-refractivity contribution in [2.24, 2.45) is 0 Å². The van der Waals surface area contributed by atoms with Gasteiger partial charge < -0.3 is 4.74 Å². The molecule has 0 atom stereocenters. The summed E-state index contributed by atoms with van der Waals surface area (Å²) in [7, 11) is -0.130. The van der Waals surface area contributed by atoms with Crippen molar-refractivity contribution in [2.75, 3.05) is 24.7 Å².